The average Bonchev–Trinajstić information content (AvgIpc) is 3.05. The highest BCUT2D eigenvalue weighted by Gasteiger charge is 2.32. The summed E-state index contributed by atoms with van der Waals surface area (Å²) in [4.78, 5) is 23.8. The van der Waals surface area contributed by atoms with Gasteiger partial charge in [-0.3, -0.25) is 20.4 Å². The van der Waals surface area contributed by atoms with Gasteiger partial charge in [-0.1, -0.05) is 30.3 Å². The Morgan fingerprint density at radius 1 is 1.00 bits per heavy atom. The second kappa shape index (κ2) is 8.71. The second-order valence-corrected chi connectivity index (χ2v) is 8.63. The van der Waals surface area contributed by atoms with Crippen molar-refractivity contribution in [3.8, 4) is 11.5 Å². The highest BCUT2D eigenvalue weighted by atomic mass is 32.2. The smallest absolute Gasteiger partial charge is 0.262 e. The van der Waals surface area contributed by atoms with E-state index >= 15 is 0 Å². The molecule has 1 saturated heterocycles. The summed E-state index contributed by atoms with van der Waals surface area (Å²) >= 11 is 0. The minimum Gasteiger partial charge on any atom is -0.457 e. The van der Waals surface area contributed by atoms with Gasteiger partial charge in [0, 0.05) is 6.08 Å². The molecule has 1 fully saturated rings. The number of hydrogen-bond acceptors (Lipinski definition) is 5. The van der Waals surface area contributed by atoms with Crippen molar-refractivity contribution in [2.75, 3.05) is 11.5 Å². The van der Waals surface area contributed by atoms with Crippen LogP contribution < -0.4 is 15.6 Å². The van der Waals surface area contributed by atoms with Gasteiger partial charge in [0.05, 0.1) is 17.4 Å². The summed E-state index contributed by atoms with van der Waals surface area (Å²) in [7, 11) is -3.15. The van der Waals surface area contributed by atoms with E-state index in [2.05, 4.69) is 10.9 Å². The molecule has 3 rings (SSSR count). The monoisotopic (exact) mass is 400 g/mol. The van der Waals surface area contributed by atoms with Crippen LogP contribution in [0, 0.1) is 5.92 Å². The van der Waals surface area contributed by atoms with Crippen molar-refractivity contribution in [2.24, 2.45) is 5.92 Å². The van der Waals surface area contributed by atoms with Gasteiger partial charge in [0.15, 0.2) is 9.84 Å². The van der Waals surface area contributed by atoms with Crippen LogP contribution in [0.3, 0.4) is 0 Å². The molecule has 1 heterocycles. The molecular formula is C20H20N2O5S. The molecule has 8 heteroatoms. The van der Waals surface area contributed by atoms with Gasteiger partial charge in [-0.25, -0.2) is 8.42 Å². The summed E-state index contributed by atoms with van der Waals surface area (Å²) in [5.41, 5.74) is 5.27. The molecule has 0 unspecified atom stereocenters. The Morgan fingerprint density at radius 2 is 1.75 bits per heavy atom. The van der Waals surface area contributed by atoms with Gasteiger partial charge in [0.25, 0.3) is 5.91 Å². The van der Waals surface area contributed by atoms with Crippen molar-refractivity contribution in [1.82, 2.24) is 10.9 Å². The fraction of sp³-hybridized carbons (Fsp3) is 0.200. The van der Waals surface area contributed by atoms with Gasteiger partial charge < -0.3 is 4.74 Å². The molecule has 2 N–H and O–H groups in total. The lowest BCUT2D eigenvalue weighted by molar-refractivity contribution is -0.129. The molecule has 0 saturated carbocycles. The quantitative estimate of drug-likeness (QED) is 0.591. The minimum absolute atomic E-state index is 0.000326. The number of carbonyl (C=O) groups excluding carboxylic acids is 2. The zero-order chi connectivity index (χ0) is 20.0. The van der Waals surface area contributed by atoms with E-state index in [1.54, 1.807) is 24.3 Å². The molecule has 1 aliphatic heterocycles. The maximum Gasteiger partial charge on any atom is 0.262 e. The van der Waals surface area contributed by atoms with Gasteiger partial charge in [-0.15, -0.1) is 0 Å². The van der Waals surface area contributed by atoms with Crippen LogP contribution in [0.5, 0.6) is 11.5 Å². The molecule has 146 valence electrons. The lowest BCUT2D eigenvalue weighted by Gasteiger charge is -2.09. The summed E-state index contributed by atoms with van der Waals surface area (Å²) in [6.07, 6.45) is 3.13. The number of benzene rings is 2. The standard InChI is InChI=1S/C20H20N2O5S/c23-19(21-22-20(24)16-11-12-28(25,26)14-16)10-9-15-5-4-8-18(13-15)27-17-6-2-1-3-7-17/h1-10,13,16H,11-12,14H2,(H,21,23)(H,22,24)/b10-9+/t16-/m1/s1. The third-order valence-electron chi connectivity index (χ3n) is 4.18. The first-order chi connectivity index (χ1) is 13.4. The van der Waals surface area contributed by atoms with E-state index in [1.165, 1.54) is 6.08 Å². The predicted octanol–water partition coefficient (Wildman–Crippen LogP) is 2.07. The molecule has 0 bridgehead atoms. The van der Waals surface area contributed by atoms with Crippen LogP contribution in [0.4, 0.5) is 0 Å². The van der Waals surface area contributed by atoms with Gasteiger partial charge in [-0.2, -0.15) is 0 Å². The molecule has 2 aromatic rings. The normalized spacial score (nSPS) is 17.9. The number of nitrogens with one attached hydrogen (secondary N) is 2. The second-order valence-electron chi connectivity index (χ2n) is 6.40. The molecular weight excluding hydrogens is 380 g/mol. The first-order valence-electron chi connectivity index (χ1n) is 8.73. The van der Waals surface area contributed by atoms with Crippen molar-refractivity contribution in [3.05, 3.63) is 66.2 Å². The fourth-order valence-corrected chi connectivity index (χ4v) is 4.49. The molecule has 2 amide bonds. The molecule has 0 spiro atoms. The number of rotatable bonds is 5. The maximum absolute atomic E-state index is 11.9. The highest BCUT2D eigenvalue weighted by molar-refractivity contribution is 7.91. The van der Waals surface area contributed by atoms with Crippen molar-refractivity contribution >= 4 is 27.7 Å². The Morgan fingerprint density at radius 3 is 2.46 bits per heavy atom. The van der Waals surface area contributed by atoms with Gasteiger partial charge in [0.1, 0.15) is 11.5 Å². The van der Waals surface area contributed by atoms with Crippen LogP contribution in [0.25, 0.3) is 6.08 Å². The maximum atomic E-state index is 11.9. The number of sulfone groups is 1. The molecule has 28 heavy (non-hydrogen) atoms. The molecule has 0 radical (unpaired) electrons. The average molecular weight is 400 g/mol. The van der Waals surface area contributed by atoms with Gasteiger partial charge in [0.2, 0.25) is 5.91 Å². The van der Waals surface area contributed by atoms with Gasteiger partial charge >= 0.3 is 0 Å². The fourth-order valence-electron chi connectivity index (χ4n) is 2.75. The summed E-state index contributed by atoms with van der Waals surface area (Å²) < 4.78 is 28.5. The largest absolute Gasteiger partial charge is 0.457 e. The van der Waals surface area contributed by atoms with Crippen LogP contribution in [0.15, 0.2) is 60.7 Å². The van der Waals surface area contributed by atoms with E-state index in [9.17, 15) is 18.0 Å². The zero-order valence-electron chi connectivity index (χ0n) is 15.0. The van der Waals surface area contributed by atoms with Crippen LogP contribution in [0.1, 0.15) is 12.0 Å². The molecule has 0 aromatic heterocycles. The number of amides is 2. The third-order valence-corrected chi connectivity index (χ3v) is 5.94. The number of para-hydroxylation sites is 1. The van der Waals surface area contributed by atoms with Crippen molar-refractivity contribution in [2.45, 2.75) is 6.42 Å². The van der Waals surface area contributed by atoms with E-state index < -0.39 is 27.6 Å². The summed E-state index contributed by atoms with van der Waals surface area (Å²) in [5, 5.41) is 0. The van der Waals surface area contributed by atoms with E-state index in [-0.39, 0.29) is 17.9 Å². The number of hydrogen-bond donors (Lipinski definition) is 2. The summed E-state index contributed by atoms with van der Waals surface area (Å²) in [6.45, 7) is 0. The van der Waals surface area contributed by atoms with Crippen LogP contribution in [0.2, 0.25) is 0 Å². The molecule has 0 aliphatic carbocycles. The summed E-state index contributed by atoms with van der Waals surface area (Å²) in [5.74, 6) is -0.493. The minimum atomic E-state index is -3.15. The highest BCUT2D eigenvalue weighted by Crippen LogP contribution is 2.22. The van der Waals surface area contributed by atoms with E-state index in [1.807, 2.05) is 36.4 Å². The molecule has 1 atom stereocenters. The van der Waals surface area contributed by atoms with Crippen LogP contribution in [-0.2, 0) is 19.4 Å². The number of carbonyl (C=O) groups is 2. The van der Waals surface area contributed by atoms with Crippen LogP contribution in [-0.4, -0.2) is 31.7 Å². The lowest BCUT2D eigenvalue weighted by atomic mass is 10.1. The summed E-state index contributed by atoms with van der Waals surface area (Å²) in [6, 6.07) is 16.5. The van der Waals surface area contributed by atoms with Crippen LogP contribution >= 0.6 is 0 Å². The van der Waals surface area contributed by atoms with Gasteiger partial charge in [-0.05, 0) is 42.3 Å². The van der Waals surface area contributed by atoms with E-state index in [0.29, 0.717) is 11.5 Å². The van der Waals surface area contributed by atoms with E-state index in [0.717, 1.165) is 5.56 Å². The van der Waals surface area contributed by atoms with Crippen molar-refractivity contribution in [3.63, 3.8) is 0 Å². The zero-order valence-corrected chi connectivity index (χ0v) is 15.8. The Labute approximate surface area is 163 Å². The number of ether oxygens (including phenoxy) is 1. The lowest BCUT2D eigenvalue weighted by Crippen LogP contribution is -2.44. The predicted molar refractivity (Wildman–Crippen MR) is 105 cm³/mol. The Bertz CT molecular complexity index is 987. The third kappa shape index (κ3) is 5.68. The Balaban J connectivity index is 1.51. The molecule has 1 aliphatic rings. The first kappa shape index (κ1) is 19.6. The van der Waals surface area contributed by atoms with Crippen molar-refractivity contribution in [1.29, 1.82) is 0 Å². The Kier molecular flexibility index (Phi) is 6.10. The van der Waals surface area contributed by atoms with E-state index in [4.69, 9.17) is 4.74 Å². The van der Waals surface area contributed by atoms with Crippen molar-refractivity contribution < 1.29 is 22.7 Å². The Hall–Kier alpha value is -3.13. The molecule has 2 aromatic carbocycles. The molecule has 7 nitrogen and oxygen atoms in total. The SMILES string of the molecule is O=C(/C=C/c1cccc(Oc2ccccc2)c1)NNC(=O)[C@@H]1CCS(=O)(=O)C1. The topological polar surface area (TPSA) is 102 Å². The number of hydrazine groups is 1. The first-order valence-corrected chi connectivity index (χ1v) is 10.5.